The SMILES string of the molecule is CCCCN(CCN)C(=O)c1cc(C)ccc1C. The molecule has 0 aliphatic heterocycles. The lowest BCUT2D eigenvalue weighted by Gasteiger charge is -2.23. The molecule has 100 valence electrons. The minimum Gasteiger partial charge on any atom is -0.337 e. The van der Waals surface area contributed by atoms with Gasteiger partial charge in [-0.3, -0.25) is 4.79 Å². The van der Waals surface area contributed by atoms with Crippen LogP contribution in [0.5, 0.6) is 0 Å². The smallest absolute Gasteiger partial charge is 0.254 e. The molecule has 1 amide bonds. The van der Waals surface area contributed by atoms with Crippen LogP contribution in [0.3, 0.4) is 0 Å². The van der Waals surface area contributed by atoms with Gasteiger partial charge < -0.3 is 10.6 Å². The van der Waals surface area contributed by atoms with Crippen molar-refractivity contribution in [3.63, 3.8) is 0 Å². The Morgan fingerprint density at radius 3 is 2.61 bits per heavy atom. The van der Waals surface area contributed by atoms with Crippen molar-refractivity contribution in [3.8, 4) is 0 Å². The van der Waals surface area contributed by atoms with Crippen LogP contribution in [0.1, 0.15) is 41.3 Å². The van der Waals surface area contributed by atoms with Gasteiger partial charge in [0.2, 0.25) is 0 Å². The summed E-state index contributed by atoms with van der Waals surface area (Å²) in [6.45, 7) is 8.05. The van der Waals surface area contributed by atoms with Gasteiger partial charge in [0.25, 0.3) is 5.91 Å². The Kier molecular flexibility index (Phi) is 5.86. The first-order chi connectivity index (χ1) is 8.60. The van der Waals surface area contributed by atoms with Crippen LogP contribution in [-0.2, 0) is 0 Å². The molecule has 0 heterocycles. The first-order valence-electron chi connectivity index (χ1n) is 6.66. The molecule has 3 heteroatoms. The highest BCUT2D eigenvalue weighted by atomic mass is 16.2. The first-order valence-corrected chi connectivity index (χ1v) is 6.66. The largest absolute Gasteiger partial charge is 0.337 e. The Morgan fingerprint density at radius 2 is 2.00 bits per heavy atom. The van der Waals surface area contributed by atoms with E-state index in [0.29, 0.717) is 13.1 Å². The Morgan fingerprint density at radius 1 is 1.28 bits per heavy atom. The highest BCUT2D eigenvalue weighted by Crippen LogP contribution is 2.13. The summed E-state index contributed by atoms with van der Waals surface area (Å²) in [5, 5.41) is 0. The van der Waals surface area contributed by atoms with Gasteiger partial charge in [0.05, 0.1) is 0 Å². The number of amides is 1. The molecule has 0 fully saturated rings. The van der Waals surface area contributed by atoms with Gasteiger partial charge in [-0.2, -0.15) is 0 Å². The fourth-order valence-corrected chi connectivity index (χ4v) is 1.96. The standard InChI is InChI=1S/C15H24N2O/c1-4-5-9-17(10-8-16)15(18)14-11-12(2)6-7-13(14)3/h6-7,11H,4-5,8-10,16H2,1-3H3. The van der Waals surface area contributed by atoms with Gasteiger partial charge in [0.1, 0.15) is 0 Å². The van der Waals surface area contributed by atoms with E-state index >= 15 is 0 Å². The molecule has 0 aliphatic rings. The van der Waals surface area contributed by atoms with Crippen molar-refractivity contribution in [1.82, 2.24) is 4.90 Å². The van der Waals surface area contributed by atoms with Gasteiger partial charge in [0, 0.05) is 25.2 Å². The summed E-state index contributed by atoms with van der Waals surface area (Å²) in [5.74, 6) is 0.107. The van der Waals surface area contributed by atoms with Gasteiger partial charge in [-0.05, 0) is 31.9 Å². The van der Waals surface area contributed by atoms with Crippen LogP contribution < -0.4 is 5.73 Å². The quantitative estimate of drug-likeness (QED) is 0.840. The molecule has 2 N–H and O–H groups in total. The van der Waals surface area contributed by atoms with Crippen LogP contribution in [0.4, 0.5) is 0 Å². The lowest BCUT2D eigenvalue weighted by atomic mass is 10.0. The molecule has 1 aromatic rings. The Hall–Kier alpha value is -1.35. The molecule has 1 aromatic carbocycles. The minimum absolute atomic E-state index is 0.107. The maximum Gasteiger partial charge on any atom is 0.254 e. The number of aryl methyl sites for hydroxylation is 2. The number of carbonyl (C=O) groups excluding carboxylic acids is 1. The molecule has 1 rings (SSSR count). The molecule has 3 nitrogen and oxygen atoms in total. The lowest BCUT2D eigenvalue weighted by molar-refractivity contribution is 0.0757. The van der Waals surface area contributed by atoms with Crippen molar-refractivity contribution in [1.29, 1.82) is 0 Å². The van der Waals surface area contributed by atoms with Gasteiger partial charge in [-0.1, -0.05) is 31.0 Å². The van der Waals surface area contributed by atoms with E-state index in [2.05, 4.69) is 6.92 Å². The summed E-state index contributed by atoms with van der Waals surface area (Å²) in [5.41, 5.74) is 8.55. The Labute approximate surface area is 110 Å². The summed E-state index contributed by atoms with van der Waals surface area (Å²) in [4.78, 5) is 14.4. The fraction of sp³-hybridized carbons (Fsp3) is 0.533. The summed E-state index contributed by atoms with van der Waals surface area (Å²) < 4.78 is 0. The van der Waals surface area contributed by atoms with E-state index in [1.165, 1.54) is 0 Å². The summed E-state index contributed by atoms with van der Waals surface area (Å²) >= 11 is 0. The maximum atomic E-state index is 12.5. The molecule has 0 bridgehead atoms. The second-order valence-corrected chi connectivity index (χ2v) is 4.75. The molecular weight excluding hydrogens is 224 g/mol. The van der Waals surface area contributed by atoms with E-state index in [4.69, 9.17) is 5.73 Å². The van der Waals surface area contributed by atoms with Gasteiger partial charge in [0.15, 0.2) is 0 Å². The molecule has 18 heavy (non-hydrogen) atoms. The summed E-state index contributed by atoms with van der Waals surface area (Å²) in [6, 6.07) is 6.00. The third kappa shape index (κ3) is 3.84. The third-order valence-corrected chi connectivity index (χ3v) is 3.09. The van der Waals surface area contributed by atoms with Crippen LogP contribution in [0, 0.1) is 13.8 Å². The molecule has 0 atom stereocenters. The monoisotopic (exact) mass is 248 g/mol. The molecule has 0 radical (unpaired) electrons. The summed E-state index contributed by atoms with van der Waals surface area (Å²) in [7, 11) is 0. The first kappa shape index (κ1) is 14.7. The molecule has 0 saturated carbocycles. The lowest BCUT2D eigenvalue weighted by Crippen LogP contribution is -2.36. The number of nitrogens with two attached hydrogens (primary N) is 1. The van der Waals surface area contributed by atoms with E-state index in [9.17, 15) is 4.79 Å². The molecule has 0 aliphatic carbocycles. The molecular formula is C15H24N2O. The predicted octanol–water partition coefficient (Wildman–Crippen LogP) is 2.50. The van der Waals surface area contributed by atoms with Crippen LogP contribution in [0.25, 0.3) is 0 Å². The maximum absolute atomic E-state index is 12.5. The topological polar surface area (TPSA) is 46.3 Å². The normalized spacial score (nSPS) is 10.4. The molecule has 0 spiro atoms. The van der Waals surface area contributed by atoms with Crippen LogP contribution in [-0.4, -0.2) is 30.4 Å². The number of hydrogen-bond donors (Lipinski definition) is 1. The van der Waals surface area contributed by atoms with E-state index in [0.717, 1.165) is 36.1 Å². The van der Waals surface area contributed by atoms with E-state index in [1.807, 2.05) is 36.9 Å². The zero-order chi connectivity index (χ0) is 13.5. The second kappa shape index (κ2) is 7.17. The van der Waals surface area contributed by atoms with Crippen molar-refractivity contribution in [2.75, 3.05) is 19.6 Å². The number of rotatable bonds is 6. The number of nitrogens with zero attached hydrogens (tertiary/aromatic N) is 1. The van der Waals surface area contributed by atoms with Crippen molar-refractivity contribution in [2.24, 2.45) is 5.73 Å². The second-order valence-electron chi connectivity index (χ2n) is 4.75. The van der Waals surface area contributed by atoms with E-state index < -0.39 is 0 Å². The number of benzene rings is 1. The van der Waals surface area contributed by atoms with Crippen LogP contribution in [0.2, 0.25) is 0 Å². The van der Waals surface area contributed by atoms with Crippen molar-refractivity contribution in [3.05, 3.63) is 34.9 Å². The van der Waals surface area contributed by atoms with Gasteiger partial charge in [-0.15, -0.1) is 0 Å². The highest BCUT2D eigenvalue weighted by Gasteiger charge is 2.16. The van der Waals surface area contributed by atoms with E-state index in [-0.39, 0.29) is 5.91 Å². The Balaban J connectivity index is 2.90. The molecule has 0 saturated heterocycles. The van der Waals surface area contributed by atoms with Crippen molar-refractivity contribution >= 4 is 5.91 Å². The van der Waals surface area contributed by atoms with Crippen LogP contribution >= 0.6 is 0 Å². The highest BCUT2D eigenvalue weighted by molar-refractivity contribution is 5.95. The number of unbranched alkanes of at least 4 members (excludes halogenated alkanes) is 1. The number of carbonyl (C=O) groups is 1. The average Bonchev–Trinajstić information content (AvgIpc) is 2.36. The minimum atomic E-state index is 0.107. The predicted molar refractivity (Wildman–Crippen MR) is 75.8 cm³/mol. The average molecular weight is 248 g/mol. The van der Waals surface area contributed by atoms with Crippen LogP contribution in [0.15, 0.2) is 18.2 Å². The van der Waals surface area contributed by atoms with Crippen molar-refractivity contribution < 1.29 is 4.79 Å². The molecule has 0 aromatic heterocycles. The van der Waals surface area contributed by atoms with Crippen molar-refractivity contribution in [2.45, 2.75) is 33.6 Å². The van der Waals surface area contributed by atoms with Gasteiger partial charge >= 0.3 is 0 Å². The zero-order valence-corrected chi connectivity index (χ0v) is 11.7. The fourth-order valence-electron chi connectivity index (χ4n) is 1.96. The molecule has 0 unspecified atom stereocenters. The van der Waals surface area contributed by atoms with E-state index in [1.54, 1.807) is 0 Å². The van der Waals surface area contributed by atoms with Gasteiger partial charge in [-0.25, -0.2) is 0 Å². The summed E-state index contributed by atoms with van der Waals surface area (Å²) in [6.07, 6.45) is 2.11. The Bertz CT molecular complexity index is 401. The third-order valence-electron chi connectivity index (χ3n) is 3.09. The zero-order valence-electron chi connectivity index (χ0n) is 11.7. The number of hydrogen-bond acceptors (Lipinski definition) is 2.